The molecule has 1 saturated heterocycles. The van der Waals surface area contributed by atoms with Gasteiger partial charge in [-0.05, 0) is 55.0 Å². The molecule has 1 N–H and O–H groups in total. The van der Waals surface area contributed by atoms with Crippen LogP contribution in [0.1, 0.15) is 42.9 Å². The van der Waals surface area contributed by atoms with Crippen LogP contribution in [0, 0.1) is 5.82 Å². The normalized spacial score (nSPS) is 17.1. The molecule has 4 rings (SSSR count). The molecule has 1 amide bonds. The van der Waals surface area contributed by atoms with Crippen LogP contribution in [-0.4, -0.2) is 22.3 Å². The standard InChI is InChI=1S/C22H23FN2O/c23-18-12-10-16(11-13-18)21-8-4-14-25(21)22(26)9-3-5-17-15-24-20-7-2-1-6-19(17)20/h1-2,6-7,10-13,15,21,24H,3-5,8-9,14H2. The van der Waals surface area contributed by atoms with Crippen LogP contribution in [0.25, 0.3) is 10.9 Å². The van der Waals surface area contributed by atoms with Gasteiger partial charge in [0.2, 0.25) is 5.91 Å². The van der Waals surface area contributed by atoms with Gasteiger partial charge in [0.15, 0.2) is 0 Å². The van der Waals surface area contributed by atoms with E-state index in [-0.39, 0.29) is 17.8 Å². The van der Waals surface area contributed by atoms with E-state index in [0.717, 1.165) is 43.3 Å². The van der Waals surface area contributed by atoms with Gasteiger partial charge >= 0.3 is 0 Å². The third kappa shape index (κ3) is 3.36. The van der Waals surface area contributed by atoms with Crippen molar-refractivity contribution in [1.29, 1.82) is 0 Å². The summed E-state index contributed by atoms with van der Waals surface area (Å²) >= 11 is 0. The number of para-hydroxylation sites is 1. The summed E-state index contributed by atoms with van der Waals surface area (Å²) < 4.78 is 13.2. The first-order chi connectivity index (χ1) is 12.7. The van der Waals surface area contributed by atoms with Crippen molar-refractivity contribution in [2.24, 2.45) is 0 Å². The second kappa shape index (κ2) is 7.32. The number of halogens is 1. The summed E-state index contributed by atoms with van der Waals surface area (Å²) in [5, 5.41) is 1.24. The second-order valence-corrected chi connectivity index (χ2v) is 7.01. The fraction of sp³-hybridized carbons (Fsp3) is 0.318. The van der Waals surface area contributed by atoms with Crippen LogP contribution in [-0.2, 0) is 11.2 Å². The summed E-state index contributed by atoms with van der Waals surface area (Å²) in [5.41, 5.74) is 3.45. The molecule has 1 atom stereocenters. The summed E-state index contributed by atoms with van der Waals surface area (Å²) in [7, 11) is 0. The van der Waals surface area contributed by atoms with Crippen molar-refractivity contribution in [3.63, 3.8) is 0 Å². The van der Waals surface area contributed by atoms with Crippen molar-refractivity contribution in [2.75, 3.05) is 6.54 Å². The number of benzene rings is 2. The van der Waals surface area contributed by atoms with Crippen LogP contribution in [0.5, 0.6) is 0 Å². The lowest BCUT2D eigenvalue weighted by Crippen LogP contribution is -2.30. The Morgan fingerprint density at radius 1 is 1.15 bits per heavy atom. The maximum Gasteiger partial charge on any atom is 0.223 e. The second-order valence-electron chi connectivity index (χ2n) is 7.01. The molecule has 134 valence electrons. The minimum Gasteiger partial charge on any atom is -0.361 e. The number of aromatic amines is 1. The first-order valence-corrected chi connectivity index (χ1v) is 9.32. The largest absolute Gasteiger partial charge is 0.361 e. The molecule has 0 bridgehead atoms. The summed E-state index contributed by atoms with van der Waals surface area (Å²) in [6.45, 7) is 0.800. The first-order valence-electron chi connectivity index (χ1n) is 9.32. The number of rotatable bonds is 5. The van der Waals surface area contributed by atoms with E-state index in [2.05, 4.69) is 17.1 Å². The quantitative estimate of drug-likeness (QED) is 0.691. The molecule has 1 aliphatic heterocycles. The third-order valence-corrected chi connectivity index (χ3v) is 5.34. The molecule has 26 heavy (non-hydrogen) atoms. The van der Waals surface area contributed by atoms with Crippen LogP contribution in [0.15, 0.2) is 54.7 Å². The summed E-state index contributed by atoms with van der Waals surface area (Å²) in [4.78, 5) is 18.0. The van der Waals surface area contributed by atoms with Crippen molar-refractivity contribution in [1.82, 2.24) is 9.88 Å². The predicted octanol–water partition coefficient (Wildman–Crippen LogP) is 4.99. The molecule has 4 heteroatoms. The lowest BCUT2D eigenvalue weighted by Gasteiger charge is -2.25. The molecular weight excluding hydrogens is 327 g/mol. The highest BCUT2D eigenvalue weighted by atomic mass is 19.1. The lowest BCUT2D eigenvalue weighted by molar-refractivity contribution is -0.132. The highest BCUT2D eigenvalue weighted by Crippen LogP contribution is 2.32. The van der Waals surface area contributed by atoms with Crippen LogP contribution in [0.2, 0.25) is 0 Å². The molecule has 2 aromatic carbocycles. The Morgan fingerprint density at radius 3 is 2.81 bits per heavy atom. The van der Waals surface area contributed by atoms with E-state index in [4.69, 9.17) is 0 Å². The highest BCUT2D eigenvalue weighted by molar-refractivity contribution is 5.83. The van der Waals surface area contributed by atoms with E-state index in [1.54, 1.807) is 12.1 Å². The van der Waals surface area contributed by atoms with Crippen LogP contribution < -0.4 is 0 Å². The Kier molecular flexibility index (Phi) is 4.74. The van der Waals surface area contributed by atoms with E-state index >= 15 is 0 Å². The van der Waals surface area contributed by atoms with Crippen molar-refractivity contribution in [2.45, 2.75) is 38.1 Å². The predicted molar refractivity (Wildman–Crippen MR) is 101 cm³/mol. The number of amides is 1. The van der Waals surface area contributed by atoms with Crippen molar-refractivity contribution in [3.05, 3.63) is 71.7 Å². The minimum absolute atomic E-state index is 0.0937. The van der Waals surface area contributed by atoms with Gasteiger partial charge in [0, 0.05) is 30.1 Å². The highest BCUT2D eigenvalue weighted by Gasteiger charge is 2.29. The molecule has 1 aliphatic rings. The zero-order chi connectivity index (χ0) is 17.9. The van der Waals surface area contributed by atoms with Crippen LogP contribution in [0.3, 0.4) is 0 Å². The fourth-order valence-electron chi connectivity index (χ4n) is 4.01. The number of aryl methyl sites for hydroxylation is 1. The number of fused-ring (bicyclic) bond motifs is 1. The van der Waals surface area contributed by atoms with E-state index in [9.17, 15) is 9.18 Å². The van der Waals surface area contributed by atoms with Gasteiger partial charge in [0.1, 0.15) is 5.82 Å². The zero-order valence-electron chi connectivity index (χ0n) is 14.7. The Bertz CT molecular complexity index is 900. The van der Waals surface area contributed by atoms with Gasteiger partial charge in [-0.25, -0.2) is 4.39 Å². The van der Waals surface area contributed by atoms with Gasteiger partial charge in [-0.1, -0.05) is 30.3 Å². The molecular formula is C22H23FN2O. The van der Waals surface area contributed by atoms with Crippen LogP contribution in [0.4, 0.5) is 4.39 Å². The lowest BCUT2D eigenvalue weighted by atomic mass is 10.0. The third-order valence-electron chi connectivity index (χ3n) is 5.34. The maximum atomic E-state index is 13.2. The van der Waals surface area contributed by atoms with E-state index < -0.39 is 0 Å². The number of hydrogen-bond donors (Lipinski definition) is 1. The zero-order valence-corrected chi connectivity index (χ0v) is 14.7. The number of aromatic nitrogens is 1. The average Bonchev–Trinajstić information content (AvgIpc) is 3.30. The number of H-pyrrole nitrogens is 1. The Labute approximate surface area is 152 Å². The van der Waals surface area contributed by atoms with Gasteiger partial charge in [0.05, 0.1) is 6.04 Å². The minimum atomic E-state index is -0.233. The summed E-state index contributed by atoms with van der Waals surface area (Å²) in [6.07, 6.45) is 6.30. The Morgan fingerprint density at radius 2 is 1.96 bits per heavy atom. The molecule has 1 aromatic heterocycles. The molecule has 0 spiro atoms. The maximum absolute atomic E-state index is 13.2. The van der Waals surface area contributed by atoms with Crippen molar-refractivity contribution >= 4 is 16.8 Å². The number of hydrogen-bond acceptors (Lipinski definition) is 1. The fourth-order valence-corrected chi connectivity index (χ4v) is 4.01. The van der Waals surface area contributed by atoms with Gasteiger partial charge in [0.25, 0.3) is 0 Å². The monoisotopic (exact) mass is 350 g/mol. The number of nitrogens with zero attached hydrogens (tertiary/aromatic N) is 1. The Balaban J connectivity index is 1.37. The van der Waals surface area contributed by atoms with E-state index in [0.29, 0.717) is 6.42 Å². The SMILES string of the molecule is O=C(CCCc1c[nH]c2ccccc12)N1CCCC1c1ccc(F)cc1. The van der Waals surface area contributed by atoms with Gasteiger partial charge in [-0.2, -0.15) is 0 Å². The molecule has 0 radical (unpaired) electrons. The number of carbonyl (C=O) groups excluding carboxylic acids is 1. The van der Waals surface area contributed by atoms with Gasteiger partial charge in [-0.15, -0.1) is 0 Å². The molecule has 2 heterocycles. The molecule has 3 aromatic rings. The van der Waals surface area contributed by atoms with Crippen LogP contribution >= 0.6 is 0 Å². The average molecular weight is 350 g/mol. The van der Waals surface area contributed by atoms with E-state index in [1.165, 1.54) is 23.1 Å². The molecule has 1 unspecified atom stereocenters. The summed E-state index contributed by atoms with van der Waals surface area (Å²) in [6, 6.07) is 14.9. The topological polar surface area (TPSA) is 36.1 Å². The Hall–Kier alpha value is -2.62. The number of likely N-dealkylation sites (tertiary alicyclic amines) is 1. The molecule has 0 aliphatic carbocycles. The van der Waals surface area contributed by atoms with Crippen molar-refractivity contribution < 1.29 is 9.18 Å². The van der Waals surface area contributed by atoms with E-state index in [1.807, 2.05) is 23.2 Å². The van der Waals surface area contributed by atoms with Gasteiger partial charge < -0.3 is 9.88 Å². The molecule has 3 nitrogen and oxygen atoms in total. The number of carbonyl (C=O) groups is 1. The van der Waals surface area contributed by atoms with Gasteiger partial charge in [-0.3, -0.25) is 4.79 Å². The molecule has 1 fully saturated rings. The van der Waals surface area contributed by atoms with Crippen molar-refractivity contribution in [3.8, 4) is 0 Å². The smallest absolute Gasteiger partial charge is 0.223 e. The summed E-state index contributed by atoms with van der Waals surface area (Å²) in [5.74, 6) is -0.0278. The first kappa shape index (κ1) is 16.8. The molecule has 0 saturated carbocycles. The number of nitrogens with one attached hydrogen (secondary N) is 1.